The maximum Gasteiger partial charge on any atom is 0.345 e. The molecule has 1 fully saturated rings. The van der Waals surface area contributed by atoms with E-state index < -0.39 is 18.0 Å². The predicted molar refractivity (Wildman–Crippen MR) is 35.9 cm³/mol. The molecule has 0 radical (unpaired) electrons. The molecule has 4 heteroatoms. The summed E-state index contributed by atoms with van der Waals surface area (Å²) in [7, 11) is 0. The number of ether oxygens (including phenoxy) is 1. The molecule has 11 heavy (non-hydrogen) atoms. The topological polar surface area (TPSA) is 63.6 Å². The largest absolute Gasteiger partial charge is 0.478 e. The minimum atomic E-state index is -1.04. The van der Waals surface area contributed by atoms with Crippen LogP contribution in [0.3, 0.4) is 0 Å². The lowest BCUT2D eigenvalue weighted by molar-refractivity contribution is -0.196. The van der Waals surface area contributed by atoms with Gasteiger partial charge in [-0.25, -0.2) is 4.79 Å². The molecule has 0 amide bonds. The summed E-state index contributed by atoms with van der Waals surface area (Å²) in [6.07, 6.45) is 0.529. The first kappa shape index (κ1) is 8.04. The Bertz CT molecular complexity index is 187. The molecule has 0 saturated carbocycles. The van der Waals surface area contributed by atoms with Gasteiger partial charge < -0.3 is 9.84 Å². The number of hydrogen-bond acceptors (Lipinski definition) is 3. The molecule has 0 aromatic heterocycles. The van der Waals surface area contributed by atoms with Gasteiger partial charge in [0.05, 0.1) is 0 Å². The van der Waals surface area contributed by atoms with Crippen molar-refractivity contribution in [2.75, 3.05) is 0 Å². The van der Waals surface area contributed by atoms with Gasteiger partial charge in [0.1, 0.15) is 5.92 Å². The summed E-state index contributed by atoms with van der Waals surface area (Å²) in [5.41, 5.74) is 0. The summed E-state index contributed by atoms with van der Waals surface area (Å²) < 4.78 is 4.43. The summed E-state index contributed by atoms with van der Waals surface area (Å²) in [6.45, 7) is 1.91. The zero-order valence-corrected chi connectivity index (χ0v) is 6.24. The van der Waals surface area contributed by atoms with Crippen molar-refractivity contribution in [3.63, 3.8) is 0 Å². The van der Waals surface area contributed by atoms with Gasteiger partial charge in [0.15, 0.2) is 0 Å². The normalized spacial score (nSPS) is 29.0. The second-order valence-corrected chi connectivity index (χ2v) is 2.59. The van der Waals surface area contributed by atoms with E-state index in [4.69, 9.17) is 5.11 Å². The van der Waals surface area contributed by atoms with E-state index >= 15 is 0 Å². The smallest absolute Gasteiger partial charge is 0.345 e. The maximum atomic E-state index is 10.6. The van der Waals surface area contributed by atoms with Crippen LogP contribution in [0.25, 0.3) is 0 Å². The van der Waals surface area contributed by atoms with Gasteiger partial charge in [-0.3, -0.25) is 4.79 Å². The van der Waals surface area contributed by atoms with Crippen molar-refractivity contribution in [2.24, 2.45) is 5.92 Å². The third-order valence-corrected chi connectivity index (χ3v) is 1.75. The zero-order chi connectivity index (χ0) is 8.43. The molecule has 1 saturated heterocycles. The first-order valence-corrected chi connectivity index (χ1v) is 3.60. The van der Waals surface area contributed by atoms with E-state index in [9.17, 15) is 9.59 Å². The molecule has 1 aliphatic heterocycles. The molecule has 0 spiro atoms. The summed E-state index contributed by atoms with van der Waals surface area (Å²) in [4.78, 5) is 21.0. The Labute approximate surface area is 64.2 Å². The average Bonchev–Trinajstić information content (AvgIpc) is 1.95. The van der Waals surface area contributed by atoms with Gasteiger partial charge in [-0.05, 0) is 6.42 Å². The highest BCUT2D eigenvalue weighted by atomic mass is 16.6. The predicted octanol–water partition coefficient (Wildman–Crippen LogP) is 0.413. The molecule has 0 unspecified atom stereocenters. The summed E-state index contributed by atoms with van der Waals surface area (Å²) >= 11 is 0. The number of rotatable bonds is 3. The number of aliphatic carboxylic acids is 1. The number of carboxylic acid groups (broad SMARTS) is 1. The minimum absolute atomic E-state index is 0.376. The lowest BCUT2D eigenvalue weighted by Crippen LogP contribution is -2.49. The Morgan fingerprint density at radius 3 is 2.73 bits per heavy atom. The fourth-order valence-electron chi connectivity index (χ4n) is 1.15. The minimum Gasteiger partial charge on any atom is -0.478 e. The standard InChI is InChI=1S/C7H10O4/c1-2-3-4-5(6(8)9)11-7(4)10/h4-5H,2-3H2,1H3,(H,8,9)/t4-,5+/m0/s1. The van der Waals surface area contributed by atoms with Gasteiger partial charge in [-0.1, -0.05) is 13.3 Å². The quantitative estimate of drug-likeness (QED) is 0.604. The molecule has 2 atom stereocenters. The molecule has 62 valence electrons. The van der Waals surface area contributed by atoms with Crippen LogP contribution >= 0.6 is 0 Å². The van der Waals surface area contributed by atoms with Crippen molar-refractivity contribution in [1.29, 1.82) is 0 Å². The maximum absolute atomic E-state index is 10.6. The van der Waals surface area contributed by atoms with E-state index in [1.807, 2.05) is 6.92 Å². The van der Waals surface area contributed by atoms with Crippen LogP contribution in [0.5, 0.6) is 0 Å². The highest BCUT2D eigenvalue weighted by Gasteiger charge is 2.46. The third kappa shape index (κ3) is 1.34. The van der Waals surface area contributed by atoms with Crippen molar-refractivity contribution < 1.29 is 19.4 Å². The number of carboxylic acids is 1. The summed E-state index contributed by atoms with van der Waals surface area (Å²) in [6, 6.07) is 0. The lowest BCUT2D eigenvalue weighted by Gasteiger charge is -2.31. The van der Waals surface area contributed by atoms with Crippen LogP contribution in [-0.4, -0.2) is 23.1 Å². The van der Waals surface area contributed by atoms with Crippen molar-refractivity contribution in [1.82, 2.24) is 0 Å². The molecule has 0 aromatic rings. The van der Waals surface area contributed by atoms with Crippen LogP contribution < -0.4 is 0 Å². The van der Waals surface area contributed by atoms with Gasteiger partial charge in [-0.15, -0.1) is 0 Å². The molecule has 1 heterocycles. The Balaban J connectivity index is 2.47. The van der Waals surface area contributed by atoms with Crippen LogP contribution in [0, 0.1) is 5.92 Å². The SMILES string of the molecule is CCC[C@@H]1C(=O)O[C@H]1C(=O)O. The second kappa shape index (κ2) is 2.90. The van der Waals surface area contributed by atoms with Crippen LogP contribution in [0.1, 0.15) is 19.8 Å². The molecular formula is C7H10O4. The monoisotopic (exact) mass is 158 g/mol. The number of carbonyl (C=O) groups is 2. The Kier molecular flexibility index (Phi) is 2.12. The van der Waals surface area contributed by atoms with Crippen molar-refractivity contribution in [3.05, 3.63) is 0 Å². The molecule has 0 aromatic carbocycles. The number of hydrogen-bond donors (Lipinski definition) is 1. The van der Waals surface area contributed by atoms with Gasteiger partial charge in [0, 0.05) is 0 Å². The van der Waals surface area contributed by atoms with Gasteiger partial charge in [-0.2, -0.15) is 0 Å². The van der Waals surface area contributed by atoms with Gasteiger partial charge in [0.25, 0.3) is 0 Å². The highest BCUT2D eigenvalue weighted by Crippen LogP contribution is 2.26. The second-order valence-electron chi connectivity index (χ2n) is 2.59. The van der Waals surface area contributed by atoms with Gasteiger partial charge in [0.2, 0.25) is 6.10 Å². The average molecular weight is 158 g/mol. The molecule has 0 bridgehead atoms. The number of carbonyl (C=O) groups excluding carboxylic acids is 1. The van der Waals surface area contributed by atoms with Crippen molar-refractivity contribution >= 4 is 11.9 Å². The number of esters is 1. The van der Waals surface area contributed by atoms with E-state index in [1.165, 1.54) is 0 Å². The summed E-state index contributed by atoms with van der Waals surface area (Å²) in [5.74, 6) is -1.82. The number of cyclic esters (lactones) is 1. The Hall–Kier alpha value is -1.06. The van der Waals surface area contributed by atoms with E-state index in [-0.39, 0.29) is 5.97 Å². The molecule has 4 nitrogen and oxygen atoms in total. The van der Waals surface area contributed by atoms with E-state index in [2.05, 4.69) is 4.74 Å². The summed E-state index contributed by atoms with van der Waals surface area (Å²) in [5, 5.41) is 8.47. The molecular weight excluding hydrogens is 148 g/mol. The first-order valence-electron chi connectivity index (χ1n) is 3.60. The first-order chi connectivity index (χ1) is 5.16. The molecule has 1 aliphatic rings. The third-order valence-electron chi connectivity index (χ3n) is 1.75. The van der Waals surface area contributed by atoms with Crippen LogP contribution in [0.4, 0.5) is 0 Å². The Morgan fingerprint density at radius 1 is 1.73 bits per heavy atom. The fourth-order valence-corrected chi connectivity index (χ4v) is 1.15. The van der Waals surface area contributed by atoms with Gasteiger partial charge >= 0.3 is 11.9 Å². The van der Waals surface area contributed by atoms with Crippen molar-refractivity contribution in [3.8, 4) is 0 Å². The fraction of sp³-hybridized carbons (Fsp3) is 0.714. The van der Waals surface area contributed by atoms with E-state index in [0.29, 0.717) is 6.42 Å². The van der Waals surface area contributed by atoms with E-state index in [0.717, 1.165) is 6.42 Å². The van der Waals surface area contributed by atoms with Crippen LogP contribution in [0.15, 0.2) is 0 Å². The Morgan fingerprint density at radius 2 is 2.36 bits per heavy atom. The zero-order valence-electron chi connectivity index (χ0n) is 6.24. The van der Waals surface area contributed by atoms with Crippen LogP contribution in [-0.2, 0) is 14.3 Å². The highest BCUT2D eigenvalue weighted by molar-refractivity contribution is 5.90. The van der Waals surface area contributed by atoms with E-state index in [1.54, 1.807) is 0 Å². The lowest BCUT2D eigenvalue weighted by atomic mass is 9.92. The molecule has 1 N–H and O–H groups in total. The molecule has 1 rings (SSSR count). The van der Waals surface area contributed by atoms with Crippen LogP contribution in [0.2, 0.25) is 0 Å². The van der Waals surface area contributed by atoms with Crippen molar-refractivity contribution in [2.45, 2.75) is 25.9 Å². The molecule has 0 aliphatic carbocycles.